The standard InChI is InChI=1S/C15H21ClFN/c1-2-4-12-7-9-18(10-8-12)15-6-3-5-14(17)13(15)11-16/h3,5-6,12H,2,4,7-11H2,1H3. The average molecular weight is 270 g/mol. The molecule has 1 aliphatic heterocycles. The van der Waals surface area contributed by atoms with E-state index in [4.69, 9.17) is 11.6 Å². The Morgan fingerprint density at radius 2 is 2.06 bits per heavy atom. The predicted octanol–water partition coefficient (Wildman–Crippen LogP) is 4.58. The molecule has 0 aliphatic carbocycles. The molecule has 1 heterocycles. The molecular formula is C15H21ClFN. The van der Waals surface area contributed by atoms with Crippen LogP contribution in [0.5, 0.6) is 0 Å². The zero-order valence-electron chi connectivity index (χ0n) is 11.0. The highest BCUT2D eigenvalue weighted by molar-refractivity contribution is 6.17. The summed E-state index contributed by atoms with van der Waals surface area (Å²) in [5.74, 6) is 0.911. The number of benzene rings is 1. The van der Waals surface area contributed by atoms with E-state index in [1.54, 1.807) is 6.07 Å². The molecule has 2 rings (SSSR count). The van der Waals surface area contributed by atoms with E-state index >= 15 is 0 Å². The highest BCUT2D eigenvalue weighted by Crippen LogP contribution is 2.30. The molecule has 0 bridgehead atoms. The van der Waals surface area contributed by atoms with Gasteiger partial charge in [0.2, 0.25) is 0 Å². The molecule has 1 saturated heterocycles. The Hall–Kier alpha value is -0.760. The molecule has 0 spiro atoms. The number of halogens is 2. The first-order chi connectivity index (χ1) is 8.76. The van der Waals surface area contributed by atoms with Crippen LogP contribution in [0.3, 0.4) is 0 Å². The van der Waals surface area contributed by atoms with Gasteiger partial charge in [-0.15, -0.1) is 11.6 Å². The van der Waals surface area contributed by atoms with Crippen molar-refractivity contribution in [1.82, 2.24) is 0 Å². The van der Waals surface area contributed by atoms with Gasteiger partial charge in [-0.1, -0.05) is 25.8 Å². The van der Waals surface area contributed by atoms with Crippen LogP contribution in [-0.2, 0) is 5.88 Å². The van der Waals surface area contributed by atoms with Crippen molar-refractivity contribution in [3.05, 3.63) is 29.6 Å². The first kappa shape index (κ1) is 13.7. The summed E-state index contributed by atoms with van der Waals surface area (Å²) in [5, 5.41) is 0. The van der Waals surface area contributed by atoms with Gasteiger partial charge in [-0.25, -0.2) is 4.39 Å². The number of nitrogens with zero attached hydrogens (tertiary/aromatic N) is 1. The molecule has 0 atom stereocenters. The van der Waals surface area contributed by atoms with Crippen LogP contribution in [0.15, 0.2) is 18.2 Å². The second-order valence-electron chi connectivity index (χ2n) is 5.09. The Bertz CT molecular complexity index is 386. The second-order valence-corrected chi connectivity index (χ2v) is 5.36. The van der Waals surface area contributed by atoms with Crippen molar-refractivity contribution in [2.45, 2.75) is 38.5 Å². The minimum Gasteiger partial charge on any atom is -0.371 e. The van der Waals surface area contributed by atoms with Crippen LogP contribution in [0.2, 0.25) is 0 Å². The fraction of sp³-hybridized carbons (Fsp3) is 0.600. The highest BCUT2D eigenvalue weighted by Gasteiger charge is 2.21. The van der Waals surface area contributed by atoms with Gasteiger partial charge in [0, 0.05) is 24.3 Å². The third-order valence-electron chi connectivity index (χ3n) is 3.88. The molecule has 18 heavy (non-hydrogen) atoms. The number of piperidine rings is 1. The summed E-state index contributed by atoms with van der Waals surface area (Å²) in [4.78, 5) is 2.28. The van der Waals surface area contributed by atoms with Gasteiger partial charge in [-0.2, -0.15) is 0 Å². The van der Waals surface area contributed by atoms with Crippen LogP contribution in [0.1, 0.15) is 38.2 Å². The van der Waals surface area contributed by atoms with E-state index in [0.717, 1.165) is 24.7 Å². The molecule has 0 radical (unpaired) electrons. The van der Waals surface area contributed by atoms with E-state index in [1.807, 2.05) is 6.07 Å². The molecule has 1 fully saturated rings. The summed E-state index contributed by atoms with van der Waals surface area (Å²) in [6.45, 7) is 4.29. The predicted molar refractivity (Wildman–Crippen MR) is 75.8 cm³/mol. The van der Waals surface area contributed by atoms with Crippen molar-refractivity contribution < 1.29 is 4.39 Å². The van der Waals surface area contributed by atoms with Gasteiger partial charge in [0.1, 0.15) is 5.82 Å². The first-order valence-electron chi connectivity index (χ1n) is 6.84. The fourth-order valence-corrected chi connectivity index (χ4v) is 3.11. The van der Waals surface area contributed by atoms with E-state index in [9.17, 15) is 4.39 Å². The Balaban J connectivity index is 2.07. The lowest BCUT2D eigenvalue weighted by atomic mass is 9.92. The summed E-state index contributed by atoms with van der Waals surface area (Å²) in [7, 11) is 0. The van der Waals surface area contributed by atoms with Gasteiger partial charge in [0.15, 0.2) is 0 Å². The van der Waals surface area contributed by atoms with Gasteiger partial charge in [0.25, 0.3) is 0 Å². The summed E-state index contributed by atoms with van der Waals surface area (Å²) in [5.41, 5.74) is 1.63. The van der Waals surface area contributed by atoms with Gasteiger partial charge in [-0.05, 0) is 30.9 Å². The fourth-order valence-electron chi connectivity index (χ4n) is 2.85. The molecule has 0 aromatic heterocycles. The molecule has 0 unspecified atom stereocenters. The molecule has 1 aromatic rings. The maximum Gasteiger partial charge on any atom is 0.129 e. The van der Waals surface area contributed by atoms with Crippen molar-refractivity contribution in [3.8, 4) is 0 Å². The maximum absolute atomic E-state index is 13.7. The lowest BCUT2D eigenvalue weighted by Gasteiger charge is -2.34. The van der Waals surface area contributed by atoms with Crippen LogP contribution >= 0.6 is 11.6 Å². The van der Waals surface area contributed by atoms with Gasteiger partial charge in [-0.3, -0.25) is 0 Å². The number of anilines is 1. The molecule has 100 valence electrons. The highest BCUT2D eigenvalue weighted by atomic mass is 35.5. The molecule has 0 saturated carbocycles. The SMILES string of the molecule is CCCC1CCN(c2cccc(F)c2CCl)CC1. The third kappa shape index (κ3) is 2.97. The molecule has 1 nitrogen and oxygen atoms in total. The molecule has 1 aliphatic rings. The minimum absolute atomic E-state index is 0.182. The van der Waals surface area contributed by atoms with Crippen LogP contribution < -0.4 is 4.90 Å². The molecule has 0 N–H and O–H groups in total. The number of rotatable bonds is 4. The zero-order chi connectivity index (χ0) is 13.0. The Morgan fingerprint density at radius 1 is 1.33 bits per heavy atom. The van der Waals surface area contributed by atoms with Crippen LogP contribution in [0, 0.1) is 11.7 Å². The van der Waals surface area contributed by atoms with Gasteiger partial charge in [0.05, 0.1) is 5.88 Å². The van der Waals surface area contributed by atoms with E-state index < -0.39 is 0 Å². The van der Waals surface area contributed by atoms with Crippen molar-refractivity contribution in [1.29, 1.82) is 0 Å². The number of alkyl halides is 1. The first-order valence-corrected chi connectivity index (χ1v) is 7.38. The molecular weight excluding hydrogens is 249 g/mol. The third-order valence-corrected chi connectivity index (χ3v) is 4.15. The Kier molecular flexibility index (Phi) is 4.87. The van der Waals surface area contributed by atoms with E-state index in [0.29, 0.717) is 5.56 Å². The molecule has 0 amide bonds. The van der Waals surface area contributed by atoms with Crippen LogP contribution in [0.25, 0.3) is 0 Å². The maximum atomic E-state index is 13.7. The second kappa shape index (κ2) is 6.42. The lowest BCUT2D eigenvalue weighted by Crippen LogP contribution is -2.34. The molecule has 1 aromatic carbocycles. The van der Waals surface area contributed by atoms with Crippen LogP contribution in [0.4, 0.5) is 10.1 Å². The summed E-state index contributed by atoms with van der Waals surface area (Å²) >= 11 is 5.87. The topological polar surface area (TPSA) is 3.24 Å². The summed E-state index contributed by atoms with van der Waals surface area (Å²) in [6.07, 6.45) is 5.01. The number of hydrogen-bond acceptors (Lipinski definition) is 1. The number of hydrogen-bond donors (Lipinski definition) is 0. The summed E-state index contributed by atoms with van der Waals surface area (Å²) < 4.78 is 13.7. The molecule has 3 heteroatoms. The van der Waals surface area contributed by atoms with Crippen molar-refractivity contribution in [2.24, 2.45) is 5.92 Å². The monoisotopic (exact) mass is 269 g/mol. The van der Waals surface area contributed by atoms with Gasteiger partial charge < -0.3 is 4.90 Å². The van der Waals surface area contributed by atoms with Crippen molar-refractivity contribution in [2.75, 3.05) is 18.0 Å². The van der Waals surface area contributed by atoms with Crippen molar-refractivity contribution in [3.63, 3.8) is 0 Å². The van der Waals surface area contributed by atoms with E-state index in [-0.39, 0.29) is 11.7 Å². The Labute approximate surface area is 114 Å². The van der Waals surface area contributed by atoms with Crippen molar-refractivity contribution >= 4 is 17.3 Å². The van der Waals surface area contributed by atoms with E-state index in [2.05, 4.69) is 11.8 Å². The van der Waals surface area contributed by atoms with Gasteiger partial charge >= 0.3 is 0 Å². The smallest absolute Gasteiger partial charge is 0.129 e. The summed E-state index contributed by atoms with van der Waals surface area (Å²) in [6, 6.07) is 5.25. The Morgan fingerprint density at radius 3 is 2.67 bits per heavy atom. The normalized spacial score (nSPS) is 17.2. The lowest BCUT2D eigenvalue weighted by molar-refractivity contribution is 0.378. The zero-order valence-corrected chi connectivity index (χ0v) is 11.7. The minimum atomic E-state index is -0.182. The van der Waals surface area contributed by atoms with Crippen LogP contribution in [-0.4, -0.2) is 13.1 Å². The largest absolute Gasteiger partial charge is 0.371 e. The van der Waals surface area contributed by atoms with E-state index in [1.165, 1.54) is 31.7 Å². The quantitative estimate of drug-likeness (QED) is 0.723. The average Bonchev–Trinajstić information content (AvgIpc) is 2.40.